The van der Waals surface area contributed by atoms with Crippen molar-refractivity contribution in [3.8, 4) is 0 Å². The van der Waals surface area contributed by atoms with Gasteiger partial charge in [0, 0.05) is 29.9 Å². The van der Waals surface area contributed by atoms with E-state index in [9.17, 15) is 18.8 Å². The molecule has 1 unspecified atom stereocenters. The lowest BCUT2D eigenvalue weighted by Crippen LogP contribution is -2.41. The quantitative estimate of drug-likeness (QED) is 0.835. The first kappa shape index (κ1) is 19.1. The van der Waals surface area contributed by atoms with Gasteiger partial charge < -0.3 is 15.5 Å². The van der Waals surface area contributed by atoms with Crippen LogP contribution in [0.2, 0.25) is 0 Å². The van der Waals surface area contributed by atoms with Crippen LogP contribution in [0.3, 0.4) is 0 Å². The number of benzene rings is 2. The molecule has 0 saturated carbocycles. The summed E-state index contributed by atoms with van der Waals surface area (Å²) in [4.78, 5) is 38.7. The molecule has 2 heterocycles. The average molecular weight is 395 g/mol. The van der Waals surface area contributed by atoms with E-state index < -0.39 is 17.3 Å². The van der Waals surface area contributed by atoms with E-state index in [0.717, 1.165) is 11.3 Å². The van der Waals surface area contributed by atoms with Crippen molar-refractivity contribution in [1.29, 1.82) is 0 Å². The van der Waals surface area contributed by atoms with Gasteiger partial charge in [0.2, 0.25) is 17.7 Å². The third kappa shape index (κ3) is 3.37. The molecule has 2 aromatic carbocycles. The molecule has 3 amide bonds. The van der Waals surface area contributed by atoms with Gasteiger partial charge in [-0.25, -0.2) is 4.39 Å². The molecule has 7 heteroatoms. The van der Waals surface area contributed by atoms with Crippen molar-refractivity contribution in [3.05, 3.63) is 59.4 Å². The molecule has 2 aliphatic heterocycles. The number of rotatable bonds is 4. The predicted octanol–water partition coefficient (Wildman–Crippen LogP) is 3.19. The Morgan fingerprint density at radius 1 is 1.24 bits per heavy atom. The van der Waals surface area contributed by atoms with Crippen molar-refractivity contribution in [2.75, 3.05) is 10.6 Å². The standard InChI is InChI=1S/C22H22FN3O3/c1-22(2)15-11-14(7-8-17(15)25-21(22)29)24-20(28)18-9-10-19(27)26(18)12-13-5-3-4-6-16(13)23/h3-8,11,18H,9-10,12H2,1-2H3,(H,24,28)(H,25,29). The number of anilines is 2. The van der Waals surface area contributed by atoms with Gasteiger partial charge in [0.15, 0.2) is 0 Å². The van der Waals surface area contributed by atoms with Gasteiger partial charge in [0.05, 0.1) is 5.41 Å². The van der Waals surface area contributed by atoms with Crippen LogP contribution in [0.15, 0.2) is 42.5 Å². The molecule has 0 spiro atoms. The van der Waals surface area contributed by atoms with E-state index >= 15 is 0 Å². The van der Waals surface area contributed by atoms with Crippen LogP contribution in [0, 0.1) is 5.82 Å². The van der Waals surface area contributed by atoms with Crippen molar-refractivity contribution in [3.63, 3.8) is 0 Å². The fourth-order valence-electron chi connectivity index (χ4n) is 3.89. The highest BCUT2D eigenvalue weighted by Crippen LogP contribution is 2.38. The molecule has 1 saturated heterocycles. The highest BCUT2D eigenvalue weighted by Gasteiger charge is 2.39. The molecule has 0 aromatic heterocycles. The summed E-state index contributed by atoms with van der Waals surface area (Å²) >= 11 is 0. The second-order valence-electron chi connectivity index (χ2n) is 8.00. The minimum Gasteiger partial charge on any atom is -0.326 e. The molecule has 0 aliphatic carbocycles. The molecule has 4 rings (SSSR count). The molecule has 29 heavy (non-hydrogen) atoms. The lowest BCUT2D eigenvalue weighted by Gasteiger charge is -2.24. The van der Waals surface area contributed by atoms with Gasteiger partial charge in [0.1, 0.15) is 11.9 Å². The van der Waals surface area contributed by atoms with Crippen LogP contribution in [0.25, 0.3) is 0 Å². The van der Waals surface area contributed by atoms with Crippen LogP contribution in [0.4, 0.5) is 15.8 Å². The maximum absolute atomic E-state index is 14.0. The summed E-state index contributed by atoms with van der Waals surface area (Å²) in [5.41, 5.74) is 1.80. The Labute approximate surface area is 168 Å². The van der Waals surface area contributed by atoms with E-state index in [1.165, 1.54) is 11.0 Å². The molecule has 150 valence electrons. The first-order valence-corrected chi connectivity index (χ1v) is 9.57. The number of hydrogen-bond donors (Lipinski definition) is 2. The summed E-state index contributed by atoms with van der Waals surface area (Å²) in [6.45, 7) is 3.70. The highest BCUT2D eigenvalue weighted by molar-refractivity contribution is 6.06. The maximum Gasteiger partial charge on any atom is 0.247 e. The van der Waals surface area contributed by atoms with Crippen LogP contribution in [0.1, 0.15) is 37.8 Å². The minimum atomic E-state index is -0.684. The Hall–Kier alpha value is -3.22. The SMILES string of the molecule is CC1(C)C(=O)Nc2ccc(NC(=O)C3CCC(=O)N3Cc3ccccc3F)cc21. The Balaban J connectivity index is 1.52. The van der Waals surface area contributed by atoms with Crippen LogP contribution in [0.5, 0.6) is 0 Å². The van der Waals surface area contributed by atoms with Crippen molar-refractivity contribution in [1.82, 2.24) is 4.90 Å². The molecule has 1 atom stereocenters. The summed E-state index contributed by atoms with van der Waals surface area (Å²) in [6.07, 6.45) is 0.637. The number of carbonyl (C=O) groups is 3. The van der Waals surface area contributed by atoms with E-state index in [1.807, 2.05) is 13.8 Å². The van der Waals surface area contributed by atoms with E-state index in [4.69, 9.17) is 0 Å². The van der Waals surface area contributed by atoms with Crippen molar-refractivity contribution in [2.24, 2.45) is 0 Å². The molecule has 2 aliphatic rings. The lowest BCUT2D eigenvalue weighted by atomic mass is 9.86. The normalized spacial score (nSPS) is 19.8. The monoisotopic (exact) mass is 395 g/mol. The van der Waals surface area contributed by atoms with E-state index in [-0.39, 0.29) is 30.7 Å². The van der Waals surface area contributed by atoms with Gasteiger partial charge in [0.25, 0.3) is 0 Å². The highest BCUT2D eigenvalue weighted by atomic mass is 19.1. The summed E-state index contributed by atoms with van der Waals surface area (Å²) < 4.78 is 14.0. The number of amides is 3. The number of nitrogens with zero attached hydrogens (tertiary/aromatic N) is 1. The fourth-order valence-corrected chi connectivity index (χ4v) is 3.89. The van der Waals surface area contributed by atoms with Gasteiger partial charge >= 0.3 is 0 Å². The molecular formula is C22H22FN3O3. The zero-order chi connectivity index (χ0) is 20.8. The number of likely N-dealkylation sites (tertiary alicyclic amines) is 1. The largest absolute Gasteiger partial charge is 0.326 e. The van der Waals surface area contributed by atoms with Gasteiger partial charge in [-0.15, -0.1) is 0 Å². The van der Waals surface area contributed by atoms with Gasteiger partial charge in [-0.2, -0.15) is 0 Å². The molecule has 1 fully saturated rings. The number of carbonyl (C=O) groups excluding carboxylic acids is 3. The van der Waals surface area contributed by atoms with Crippen LogP contribution < -0.4 is 10.6 Å². The van der Waals surface area contributed by atoms with E-state index in [2.05, 4.69) is 10.6 Å². The van der Waals surface area contributed by atoms with Gasteiger partial charge in [-0.05, 0) is 50.1 Å². The van der Waals surface area contributed by atoms with Gasteiger partial charge in [-0.1, -0.05) is 18.2 Å². The Morgan fingerprint density at radius 3 is 2.76 bits per heavy atom. The molecule has 2 aromatic rings. The molecule has 2 N–H and O–H groups in total. The summed E-state index contributed by atoms with van der Waals surface area (Å²) in [5.74, 6) is -0.974. The van der Waals surface area contributed by atoms with E-state index in [1.54, 1.807) is 36.4 Å². The van der Waals surface area contributed by atoms with Crippen LogP contribution in [-0.2, 0) is 26.3 Å². The summed E-state index contributed by atoms with van der Waals surface area (Å²) in [7, 11) is 0. The van der Waals surface area contributed by atoms with Crippen molar-refractivity contribution >= 4 is 29.1 Å². The fraction of sp³-hybridized carbons (Fsp3) is 0.318. The first-order chi connectivity index (χ1) is 13.8. The minimum absolute atomic E-state index is 0.0548. The maximum atomic E-state index is 14.0. The number of hydrogen-bond acceptors (Lipinski definition) is 3. The Kier molecular flexibility index (Phi) is 4.61. The summed E-state index contributed by atoms with van der Waals surface area (Å²) in [6, 6.07) is 10.8. The first-order valence-electron chi connectivity index (χ1n) is 9.57. The smallest absolute Gasteiger partial charge is 0.247 e. The third-order valence-electron chi connectivity index (χ3n) is 5.71. The lowest BCUT2D eigenvalue weighted by molar-refractivity contribution is -0.133. The Bertz CT molecular complexity index is 1020. The van der Waals surface area contributed by atoms with Crippen molar-refractivity contribution in [2.45, 2.75) is 44.7 Å². The predicted molar refractivity (Wildman–Crippen MR) is 107 cm³/mol. The molecule has 0 radical (unpaired) electrons. The van der Waals surface area contributed by atoms with Crippen molar-refractivity contribution < 1.29 is 18.8 Å². The number of halogens is 1. The molecule has 6 nitrogen and oxygen atoms in total. The second-order valence-corrected chi connectivity index (χ2v) is 8.00. The molecule has 0 bridgehead atoms. The number of nitrogens with one attached hydrogen (secondary N) is 2. The van der Waals surface area contributed by atoms with E-state index in [0.29, 0.717) is 17.7 Å². The Morgan fingerprint density at radius 2 is 2.00 bits per heavy atom. The zero-order valence-corrected chi connectivity index (χ0v) is 16.3. The van der Waals surface area contributed by atoms with Gasteiger partial charge in [-0.3, -0.25) is 14.4 Å². The topological polar surface area (TPSA) is 78.5 Å². The summed E-state index contributed by atoms with van der Waals surface area (Å²) in [5, 5.41) is 5.68. The van der Waals surface area contributed by atoms with Crippen LogP contribution in [-0.4, -0.2) is 28.7 Å². The third-order valence-corrected chi connectivity index (χ3v) is 5.71. The van der Waals surface area contributed by atoms with Crippen LogP contribution >= 0.6 is 0 Å². The molecular weight excluding hydrogens is 373 g/mol. The number of fused-ring (bicyclic) bond motifs is 1. The zero-order valence-electron chi connectivity index (χ0n) is 16.3. The average Bonchev–Trinajstić information content (AvgIpc) is 3.15. The second kappa shape index (κ2) is 6.99.